The van der Waals surface area contributed by atoms with Gasteiger partial charge in [-0.1, -0.05) is 0 Å². The molecular weight excluding hydrogens is 291 g/mol. The predicted molar refractivity (Wildman–Crippen MR) is 70.2 cm³/mol. The van der Waals surface area contributed by atoms with E-state index >= 15 is 0 Å². The first-order valence-electron chi connectivity index (χ1n) is 6.82. The molecule has 1 heterocycles. The number of hydrogen-bond acceptors (Lipinski definition) is 2. The molecule has 1 N–H and O–H groups in total. The van der Waals surface area contributed by atoms with Crippen molar-refractivity contribution in [3.05, 3.63) is 29.8 Å². The zero-order valence-corrected chi connectivity index (χ0v) is 11.4. The van der Waals surface area contributed by atoms with Crippen molar-refractivity contribution in [3.8, 4) is 0 Å². The SMILES string of the molecule is Fc1ccc(N2CCC(CCNCC(F)(F)F)C2)cc1F. The van der Waals surface area contributed by atoms with Gasteiger partial charge in [-0.25, -0.2) is 8.78 Å². The van der Waals surface area contributed by atoms with Gasteiger partial charge in [-0.05, 0) is 37.4 Å². The van der Waals surface area contributed by atoms with E-state index in [1.165, 1.54) is 6.07 Å². The molecule has 2 nitrogen and oxygen atoms in total. The lowest BCUT2D eigenvalue weighted by Crippen LogP contribution is -2.30. The highest BCUT2D eigenvalue weighted by molar-refractivity contribution is 5.47. The summed E-state index contributed by atoms with van der Waals surface area (Å²) in [5.74, 6) is -1.51. The van der Waals surface area contributed by atoms with Crippen LogP contribution in [0.2, 0.25) is 0 Å². The fraction of sp³-hybridized carbons (Fsp3) is 0.571. The van der Waals surface area contributed by atoms with Gasteiger partial charge >= 0.3 is 6.18 Å². The third-order valence-corrected chi connectivity index (χ3v) is 3.61. The van der Waals surface area contributed by atoms with Crippen LogP contribution in [0.5, 0.6) is 0 Å². The summed E-state index contributed by atoms with van der Waals surface area (Å²) in [6, 6.07) is 3.76. The van der Waals surface area contributed by atoms with E-state index in [-0.39, 0.29) is 5.92 Å². The lowest BCUT2D eigenvalue weighted by molar-refractivity contribution is -0.124. The van der Waals surface area contributed by atoms with Gasteiger partial charge in [0.05, 0.1) is 6.54 Å². The summed E-state index contributed by atoms with van der Waals surface area (Å²) in [4.78, 5) is 1.93. The maximum absolute atomic E-state index is 13.2. The molecule has 0 bridgehead atoms. The predicted octanol–water partition coefficient (Wildman–Crippen LogP) is 3.33. The second-order valence-corrected chi connectivity index (χ2v) is 5.28. The smallest absolute Gasteiger partial charge is 0.371 e. The van der Waals surface area contributed by atoms with E-state index in [0.29, 0.717) is 31.7 Å². The molecular formula is C14H17F5N2. The van der Waals surface area contributed by atoms with Gasteiger partial charge in [-0.2, -0.15) is 13.2 Å². The van der Waals surface area contributed by atoms with Crippen LogP contribution in [0.25, 0.3) is 0 Å². The second kappa shape index (κ2) is 6.60. The molecule has 118 valence electrons. The van der Waals surface area contributed by atoms with Crippen molar-refractivity contribution >= 4 is 5.69 Å². The fourth-order valence-electron chi connectivity index (χ4n) is 2.52. The van der Waals surface area contributed by atoms with Gasteiger partial charge in [0.2, 0.25) is 0 Å². The van der Waals surface area contributed by atoms with Crippen molar-refractivity contribution in [1.82, 2.24) is 5.32 Å². The summed E-state index contributed by atoms with van der Waals surface area (Å²) in [5, 5.41) is 2.37. The number of alkyl halides is 3. The standard InChI is InChI=1S/C14H17F5N2/c15-12-2-1-11(7-13(12)16)21-6-4-10(8-21)3-5-20-9-14(17,18)19/h1-2,7,10,20H,3-6,8-9H2. The zero-order valence-electron chi connectivity index (χ0n) is 11.4. The van der Waals surface area contributed by atoms with Gasteiger partial charge in [0.25, 0.3) is 0 Å². The lowest BCUT2D eigenvalue weighted by Gasteiger charge is -2.19. The maximum atomic E-state index is 13.2. The summed E-state index contributed by atoms with van der Waals surface area (Å²) < 4.78 is 62.0. The molecule has 1 aliphatic rings. The highest BCUT2D eigenvalue weighted by atomic mass is 19.4. The summed E-state index contributed by atoms with van der Waals surface area (Å²) in [6.07, 6.45) is -2.71. The highest BCUT2D eigenvalue weighted by Gasteiger charge is 2.27. The van der Waals surface area contributed by atoms with Gasteiger partial charge in [0.1, 0.15) is 0 Å². The number of benzene rings is 1. The van der Waals surface area contributed by atoms with Crippen LogP contribution in [0.15, 0.2) is 18.2 Å². The minimum absolute atomic E-state index is 0.263. The average molecular weight is 308 g/mol. The number of hydrogen-bond donors (Lipinski definition) is 1. The van der Waals surface area contributed by atoms with Crippen LogP contribution in [0.1, 0.15) is 12.8 Å². The van der Waals surface area contributed by atoms with Gasteiger partial charge in [0, 0.05) is 24.8 Å². The van der Waals surface area contributed by atoms with E-state index < -0.39 is 24.4 Å². The van der Waals surface area contributed by atoms with E-state index in [0.717, 1.165) is 18.6 Å². The molecule has 7 heteroatoms. The van der Waals surface area contributed by atoms with Crippen LogP contribution >= 0.6 is 0 Å². The van der Waals surface area contributed by atoms with Crippen LogP contribution < -0.4 is 10.2 Å². The molecule has 1 aromatic carbocycles. The molecule has 0 aromatic heterocycles. The zero-order chi connectivity index (χ0) is 15.5. The van der Waals surface area contributed by atoms with Gasteiger partial charge < -0.3 is 10.2 Å². The molecule has 0 amide bonds. The molecule has 1 fully saturated rings. The number of anilines is 1. The van der Waals surface area contributed by atoms with E-state index in [1.54, 1.807) is 0 Å². The Morgan fingerprint density at radius 1 is 1.19 bits per heavy atom. The molecule has 0 aliphatic carbocycles. The summed E-state index contributed by atoms with van der Waals surface area (Å²) in [7, 11) is 0. The van der Waals surface area contributed by atoms with Gasteiger partial charge in [-0.3, -0.25) is 0 Å². The van der Waals surface area contributed by atoms with Crippen molar-refractivity contribution in [2.45, 2.75) is 19.0 Å². The van der Waals surface area contributed by atoms with E-state index in [2.05, 4.69) is 5.32 Å². The van der Waals surface area contributed by atoms with Crippen molar-refractivity contribution in [3.63, 3.8) is 0 Å². The number of rotatable bonds is 5. The molecule has 2 rings (SSSR count). The molecule has 21 heavy (non-hydrogen) atoms. The van der Waals surface area contributed by atoms with Crippen molar-refractivity contribution in [2.75, 3.05) is 31.1 Å². The first kappa shape index (κ1) is 16.0. The Labute approximate surface area is 119 Å². The molecule has 1 saturated heterocycles. The monoisotopic (exact) mass is 308 g/mol. The third-order valence-electron chi connectivity index (χ3n) is 3.61. The Balaban J connectivity index is 1.77. The molecule has 1 aliphatic heterocycles. The lowest BCUT2D eigenvalue weighted by atomic mass is 10.1. The molecule has 1 aromatic rings. The normalized spacial score (nSPS) is 19.3. The van der Waals surface area contributed by atoms with E-state index in [1.807, 2.05) is 4.90 Å². The molecule has 0 saturated carbocycles. The largest absolute Gasteiger partial charge is 0.401 e. The van der Waals surface area contributed by atoms with Crippen molar-refractivity contribution in [1.29, 1.82) is 0 Å². The van der Waals surface area contributed by atoms with Crippen molar-refractivity contribution in [2.24, 2.45) is 5.92 Å². The summed E-state index contributed by atoms with van der Waals surface area (Å²) in [5.41, 5.74) is 0.611. The molecule has 0 spiro atoms. The minimum Gasteiger partial charge on any atom is -0.371 e. The van der Waals surface area contributed by atoms with Crippen LogP contribution in [0, 0.1) is 17.6 Å². The first-order valence-corrected chi connectivity index (χ1v) is 6.82. The highest BCUT2D eigenvalue weighted by Crippen LogP contribution is 2.26. The van der Waals surface area contributed by atoms with Crippen LogP contribution in [0.4, 0.5) is 27.6 Å². The van der Waals surface area contributed by atoms with Crippen LogP contribution in [-0.2, 0) is 0 Å². The molecule has 1 unspecified atom stereocenters. The topological polar surface area (TPSA) is 15.3 Å². The van der Waals surface area contributed by atoms with Crippen molar-refractivity contribution < 1.29 is 22.0 Å². The Kier molecular flexibility index (Phi) is 5.03. The maximum Gasteiger partial charge on any atom is 0.401 e. The Morgan fingerprint density at radius 3 is 2.62 bits per heavy atom. The first-order chi connectivity index (χ1) is 9.85. The van der Waals surface area contributed by atoms with E-state index in [9.17, 15) is 22.0 Å². The molecule has 1 atom stereocenters. The summed E-state index contributed by atoms with van der Waals surface area (Å²) in [6.45, 7) is 0.677. The second-order valence-electron chi connectivity index (χ2n) is 5.28. The Hall–Kier alpha value is -1.37. The minimum atomic E-state index is -4.19. The third kappa shape index (κ3) is 4.84. The number of nitrogens with zero attached hydrogens (tertiary/aromatic N) is 1. The van der Waals surface area contributed by atoms with Crippen LogP contribution in [-0.4, -0.2) is 32.4 Å². The van der Waals surface area contributed by atoms with E-state index in [4.69, 9.17) is 0 Å². The summed E-state index contributed by atoms with van der Waals surface area (Å²) >= 11 is 0. The quantitative estimate of drug-likeness (QED) is 0.663. The van der Waals surface area contributed by atoms with Gasteiger partial charge in [0.15, 0.2) is 11.6 Å². The number of halogens is 5. The molecule has 0 radical (unpaired) electrons. The van der Waals surface area contributed by atoms with Gasteiger partial charge in [-0.15, -0.1) is 0 Å². The Morgan fingerprint density at radius 2 is 1.95 bits per heavy atom. The fourth-order valence-corrected chi connectivity index (χ4v) is 2.52. The van der Waals surface area contributed by atoms with Crippen LogP contribution in [0.3, 0.4) is 0 Å². The average Bonchev–Trinajstić information content (AvgIpc) is 2.86. The Bertz CT molecular complexity index is 475. The number of nitrogens with one attached hydrogen (secondary N) is 1.